The summed E-state index contributed by atoms with van der Waals surface area (Å²) < 4.78 is 6.09. The molecule has 0 saturated carbocycles. The fraction of sp³-hybridized carbons (Fsp3) is 0.762. The molecule has 0 aromatic carbocycles. The molecule has 4 heteroatoms. The molecule has 0 aromatic rings. The number of unbranched alkanes of at least 4 members (excludes halogenated alkanes) is 3. The lowest BCUT2D eigenvalue weighted by Crippen LogP contribution is -2.25. The van der Waals surface area contributed by atoms with Crippen LogP contribution in [-0.4, -0.2) is 34.5 Å². The van der Waals surface area contributed by atoms with Crippen molar-refractivity contribution in [3.8, 4) is 0 Å². The van der Waals surface area contributed by atoms with Crippen LogP contribution in [0.4, 0.5) is 0 Å². The van der Waals surface area contributed by atoms with E-state index < -0.39 is 5.97 Å². The number of aliphatic carboxylic acids is 1. The molecule has 2 N–H and O–H groups in total. The molecule has 5 atom stereocenters. The molecule has 0 radical (unpaired) electrons. The van der Waals surface area contributed by atoms with E-state index in [1.54, 1.807) is 0 Å². The molecule has 2 rings (SSSR count). The van der Waals surface area contributed by atoms with Gasteiger partial charge >= 0.3 is 5.97 Å². The Hall–Kier alpha value is -1.13. The van der Waals surface area contributed by atoms with Crippen molar-refractivity contribution in [3.05, 3.63) is 24.3 Å². The van der Waals surface area contributed by atoms with Gasteiger partial charge in [0.15, 0.2) is 0 Å². The van der Waals surface area contributed by atoms with Crippen LogP contribution in [0, 0.1) is 11.8 Å². The quantitative estimate of drug-likeness (QED) is 0.402. The number of ether oxygens (including phenoxy) is 1. The molecule has 0 unspecified atom stereocenters. The third kappa shape index (κ3) is 6.59. The van der Waals surface area contributed by atoms with Crippen molar-refractivity contribution >= 4 is 5.97 Å². The number of carbonyl (C=O) groups is 1. The monoisotopic (exact) mass is 350 g/mol. The maximum absolute atomic E-state index is 10.5. The number of hydrogen-bond donors (Lipinski definition) is 2. The number of aliphatic hydroxyl groups is 1. The normalized spacial score (nSPS) is 29.8. The Balaban J connectivity index is 1.78. The Morgan fingerprint density at radius 2 is 2.00 bits per heavy atom. The van der Waals surface area contributed by atoms with Crippen LogP contribution < -0.4 is 0 Å². The number of carboxylic acids is 1. The Kier molecular flexibility index (Phi) is 8.70. The highest BCUT2D eigenvalue weighted by molar-refractivity contribution is 5.66. The Morgan fingerprint density at radius 1 is 1.20 bits per heavy atom. The highest BCUT2D eigenvalue weighted by atomic mass is 16.5. The zero-order valence-corrected chi connectivity index (χ0v) is 15.5. The molecule has 2 fully saturated rings. The number of aliphatic hydroxyl groups excluding tert-OH is 1. The molecule has 2 bridgehead atoms. The largest absolute Gasteiger partial charge is 0.481 e. The van der Waals surface area contributed by atoms with Crippen molar-refractivity contribution in [2.75, 3.05) is 0 Å². The summed E-state index contributed by atoms with van der Waals surface area (Å²) in [6.45, 7) is 2.18. The number of fused-ring (bicyclic) bond motifs is 2. The van der Waals surface area contributed by atoms with Crippen LogP contribution in [0.25, 0.3) is 0 Å². The second-order valence-electron chi connectivity index (χ2n) is 7.47. The number of allylic oxidation sites excluding steroid dienone is 2. The number of rotatable bonds is 12. The first-order valence-electron chi connectivity index (χ1n) is 10.0. The van der Waals surface area contributed by atoms with Crippen molar-refractivity contribution in [1.29, 1.82) is 0 Å². The van der Waals surface area contributed by atoms with Gasteiger partial charge < -0.3 is 14.9 Å². The molecule has 142 valence electrons. The molecule has 2 saturated heterocycles. The summed E-state index contributed by atoms with van der Waals surface area (Å²) in [6, 6.07) is 0. The second kappa shape index (κ2) is 10.8. The summed E-state index contributed by atoms with van der Waals surface area (Å²) in [5, 5.41) is 18.8. The molecule has 2 aliphatic rings. The van der Waals surface area contributed by atoms with Gasteiger partial charge in [-0.3, -0.25) is 4.79 Å². The lowest BCUT2D eigenvalue weighted by Gasteiger charge is -2.25. The fourth-order valence-corrected chi connectivity index (χ4v) is 4.09. The van der Waals surface area contributed by atoms with Crippen molar-refractivity contribution in [2.24, 2.45) is 11.8 Å². The van der Waals surface area contributed by atoms with E-state index in [0.717, 1.165) is 38.5 Å². The third-order valence-corrected chi connectivity index (χ3v) is 5.48. The summed E-state index contributed by atoms with van der Waals surface area (Å²) in [5.41, 5.74) is 0. The smallest absolute Gasteiger partial charge is 0.303 e. The van der Waals surface area contributed by atoms with E-state index in [0.29, 0.717) is 30.5 Å². The van der Waals surface area contributed by atoms with Gasteiger partial charge in [-0.1, -0.05) is 50.5 Å². The molecular weight excluding hydrogens is 316 g/mol. The molecule has 25 heavy (non-hydrogen) atoms. The zero-order chi connectivity index (χ0) is 18.1. The molecule has 0 amide bonds. The average Bonchev–Trinajstić information content (AvgIpc) is 3.17. The SMILES string of the molecule is CCCCC[C@@H](O)/C=C/[C@@H]1[C@@H](C/C=C\CCCC(=O)O)[C@@H]2CC[C@H]1O2. The lowest BCUT2D eigenvalue weighted by atomic mass is 9.77. The first-order valence-corrected chi connectivity index (χ1v) is 10.0. The van der Waals surface area contributed by atoms with Gasteiger partial charge in [0, 0.05) is 12.3 Å². The predicted octanol–water partition coefficient (Wildman–Crippen LogP) is 4.48. The Labute approximate surface area is 152 Å². The van der Waals surface area contributed by atoms with Crippen molar-refractivity contribution in [3.63, 3.8) is 0 Å². The number of carboxylic acid groups (broad SMARTS) is 1. The predicted molar refractivity (Wildman–Crippen MR) is 99.4 cm³/mol. The Morgan fingerprint density at radius 3 is 2.76 bits per heavy atom. The van der Waals surface area contributed by atoms with Gasteiger partial charge in [0.05, 0.1) is 18.3 Å². The average molecular weight is 350 g/mol. The maximum Gasteiger partial charge on any atom is 0.303 e. The fourth-order valence-electron chi connectivity index (χ4n) is 4.09. The van der Waals surface area contributed by atoms with Crippen LogP contribution in [0.2, 0.25) is 0 Å². The van der Waals surface area contributed by atoms with Crippen LogP contribution in [0.3, 0.4) is 0 Å². The second-order valence-corrected chi connectivity index (χ2v) is 7.47. The number of hydrogen-bond acceptors (Lipinski definition) is 3. The van der Waals surface area contributed by atoms with Crippen LogP contribution in [0.15, 0.2) is 24.3 Å². The van der Waals surface area contributed by atoms with E-state index >= 15 is 0 Å². The van der Waals surface area contributed by atoms with Crippen molar-refractivity contribution in [1.82, 2.24) is 0 Å². The lowest BCUT2D eigenvalue weighted by molar-refractivity contribution is -0.137. The van der Waals surface area contributed by atoms with Gasteiger partial charge in [0.25, 0.3) is 0 Å². The van der Waals surface area contributed by atoms with Gasteiger partial charge in [0.2, 0.25) is 0 Å². The minimum Gasteiger partial charge on any atom is -0.481 e. The minimum absolute atomic E-state index is 0.239. The van der Waals surface area contributed by atoms with Crippen molar-refractivity contribution < 1.29 is 19.7 Å². The molecule has 2 aliphatic heterocycles. The van der Waals surface area contributed by atoms with E-state index in [4.69, 9.17) is 9.84 Å². The summed E-state index contributed by atoms with van der Waals surface area (Å²) in [6.07, 6.45) is 18.1. The van der Waals surface area contributed by atoms with Gasteiger partial charge in [-0.15, -0.1) is 0 Å². The molecule has 0 spiro atoms. The molecule has 0 aliphatic carbocycles. The maximum atomic E-state index is 10.5. The highest BCUT2D eigenvalue weighted by Gasteiger charge is 2.46. The highest BCUT2D eigenvalue weighted by Crippen LogP contribution is 2.45. The van der Waals surface area contributed by atoms with Crippen molar-refractivity contribution in [2.45, 2.75) is 89.4 Å². The van der Waals surface area contributed by atoms with Crippen LogP contribution >= 0.6 is 0 Å². The topological polar surface area (TPSA) is 66.8 Å². The minimum atomic E-state index is -0.724. The van der Waals surface area contributed by atoms with E-state index in [9.17, 15) is 9.90 Å². The summed E-state index contributed by atoms with van der Waals surface area (Å²) in [5.74, 6) is 0.175. The first-order chi connectivity index (χ1) is 12.1. The van der Waals surface area contributed by atoms with Gasteiger partial charge in [-0.2, -0.15) is 0 Å². The standard InChI is InChI=1S/C21H34O4/c1-2-3-6-9-16(22)12-13-18-17(19-14-15-20(18)25-19)10-7-4-5-8-11-21(23)24/h4,7,12-13,16-20,22H,2-3,5-6,8-11,14-15H2,1H3,(H,23,24)/b7-4-,13-12+/t16-,17-,18-,19+,20-/m1/s1. The molecule has 4 nitrogen and oxygen atoms in total. The zero-order valence-electron chi connectivity index (χ0n) is 15.5. The van der Waals surface area contributed by atoms with E-state index in [-0.39, 0.29) is 12.5 Å². The van der Waals surface area contributed by atoms with Crippen LogP contribution in [0.5, 0.6) is 0 Å². The third-order valence-electron chi connectivity index (χ3n) is 5.48. The summed E-state index contributed by atoms with van der Waals surface area (Å²) in [4.78, 5) is 10.5. The summed E-state index contributed by atoms with van der Waals surface area (Å²) in [7, 11) is 0. The first kappa shape index (κ1) is 20.2. The molecule has 2 heterocycles. The van der Waals surface area contributed by atoms with E-state index in [1.807, 2.05) is 6.08 Å². The van der Waals surface area contributed by atoms with E-state index in [2.05, 4.69) is 25.2 Å². The van der Waals surface area contributed by atoms with Gasteiger partial charge in [0.1, 0.15) is 0 Å². The van der Waals surface area contributed by atoms with Crippen LogP contribution in [-0.2, 0) is 9.53 Å². The summed E-state index contributed by atoms with van der Waals surface area (Å²) >= 11 is 0. The molecular formula is C21H34O4. The van der Waals surface area contributed by atoms with E-state index in [1.165, 1.54) is 12.8 Å². The molecule has 0 aromatic heterocycles. The van der Waals surface area contributed by atoms with Gasteiger partial charge in [-0.25, -0.2) is 0 Å². The van der Waals surface area contributed by atoms with Crippen LogP contribution in [0.1, 0.15) is 71.1 Å². The Bertz CT molecular complexity index is 457. The van der Waals surface area contributed by atoms with Gasteiger partial charge in [-0.05, 0) is 44.4 Å².